The van der Waals surface area contributed by atoms with Gasteiger partial charge in [-0.2, -0.15) is 0 Å². The zero-order valence-electron chi connectivity index (χ0n) is 15.1. The molecule has 0 aliphatic carbocycles. The van der Waals surface area contributed by atoms with E-state index in [2.05, 4.69) is 34.2 Å². The molecule has 0 radical (unpaired) electrons. The molecule has 24 heavy (non-hydrogen) atoms. The average Bonchev–Trinajstić information content (AvgIpc) is 3.05. The van der Waals surface area contributed by atoms with Crippen LogP contribution in [0.2, 0.25) is 0 Å². The molecule has 2 aliphatic rings. The van der Waals surface area contributed by atoms with Gasteiger partial charge in [-0.3, -0.25) is 0 Å². The van der Waals surface area contributed by atoms with E-state index in [1.165, 1.54) is 6.42 Å². The number of anilines is 1. The fourth-order valence-corrected chi connectivity index (χ4v) is 3.63. The van der Waals surface area contributed by atoms with E-state index in [4.69, 9.17) is 9.47 Å². The third kappa shape index (κ3) is 4.11. The van der Waals surface area contributed by atoms with Gasteiger partial charge in [0.1, 0.15) is 5.82 Å². The van der Waals surface area contributed by atoms with Gasteiger partial charge in [-0.25, -0.2) is 4.98 Å². The maximum Gasteiger partial charge on any atom is 0.179 e. The molecular weight excluding hydrogens is 304 g/mol. The first-order valence-corrected chi connectivity index (χ1v) is 8.96. The number of rotatable bonds is 6. The van der Waals surface area contributed by atoms with E-state index >= 15 is 0 Å². The number of methoxy groups -OCH3 is 1. The summed E-state index contributed by atoms with van der Waals surface area (Å²) in [5.74, 6) is 3.06. The lowest BCUT2D eigenvalue weighted by Crippen LogP contribution is -2.41. The summed E-state index contributed by atoms with van der Waals surface area (Å²) in [6.07, 6.45) is 5.30. The second-order valence-electron chi connectivity index (χ2n) is 7.01. The number of likely N-dealkylation sites (tertiary alicyclic amines) is 1. The molecule has 1 aromatic heterocycles. The molecule has 3 heterocycles. The quantitative estimate of drug-likeness (QED) is 0.853. The van der Waals surface area contributed by atoms with E-state index in [1.807, 2.05) is 12.3 Å². The van der Waals surface area contributed by atoms with Crippen LogP contribution in [0.25, 0.3) is 0 Å². The summed E-state index contributed by atoms with van der Waals surface area (Å²) in [4.78, 5) is 9.22. The van der Waals surface area contributed by atoms with Crippen molar-refractivity contribution in [3.63, 3.8) is 0 Å². The molecule has 0 bridgehead atoms. The monoisotopic (exact) mass is 334 g/mol. The number of piperidine rings is 1. The Morgan fingerprint density at radius 1 is 1.29 bits per heavy atom. The summed E-state index contributed by atoms with van der Waals surface area (Å²) in [5.41, 5.74) is 0. The number of nitrogens with zero attached hydrogens (tertiary/aromatic N) is 3. The van der Waals surface area contributed by atoms with Crippen molar-refractivity contribution in [2.75, 3.05) is 58.9 Å². The first kappa shape index (κ1) is 17.3. The SMILES string of the molecule is COc1cc(N(C)C2CCNCC2)ncc1OCC1CCN(C)C1. The number of hydrogen-bond acceptors (Lipinski definition) is 6. The molecule has 1 atom stereocenters. The van der Waals surface area contributed by atoms with Crippen LogP contribution < -0.4 is 19.7 Å². The van der Waals surface area contributed by atoms with E-state index in [9.17, 15) is 0 Å². The van der Waals surface area contributed by atoms with Gasteiger partial charge in [-0.05, 0) is 45.9 Å². The number of aromatic nitrogens is 1. The van der Waals surface area contributed by atoms with Crippen LogP contribution in [0.15, 0.2) is 12.3 Å². The zero-order chi connectivity index (χ0) is 16.9. The highest BCUT2D eigenvalue weighted by molar-refractivity contribution is 5.50. The van der Waals surface area contributed by atoms with Crippen molar-refractivity contribution in [1.82, 2.24) is 15.2 Å². The highest BCUT2D eigenvalue weighted by atomic mass is 16.5. The Balaban J connectivity index is 1.63. The minimum atomic E-state index is 0.532. The Kier molecular flexibility index (Phi) is 5.79. The molecule has 134 valence electrons. The summed E-state index contributed by atoms with van der Waals surface area (Å²) >= 11 is 0. The molecule has 6 heteroatoms. The molecule has 0 aromatic carbocycles. The van der Waals surface area contributed by atoms with Crippen LogP contribution in [0.3, 0.4) is 0 Å². The highest BCUT2D eigenvalue weighted by Crippen LogP contribution is 2.31. The standard InChI is InChI=1S/C18H30N4O2/c1-21-9-6-14(12-21)13-24-17-11-20-18(10-16(17)23-3)22(2)15-4-7-19-8-5-15/h10-11,14-15,19H,4-9,12-13H2,1-3H3. The first-order chi connectivity index (χ1) is 11.7. The van der Waals surface area contributed by atoms with Gasteiger partial charge in [-0.1, -0.05) is 0 Å². The van der Waals surface area contributed by atoms with Gasteiger partial charge in [0, 0.05) is 31.6 Å². The summed E-state index contributed by atoms with van der Waals surface area (Å²) < 4.78 is 11.5. The van der Waals surface area contributed by atoms with Crippen LogP contribution in [0.5, 0.6) is 11.5 Å². The van der Waals surface area contributed by atoms with Crippen molar-refractivity contribution in [3.05, 3.63) is 12.3 Å². The molecule has 0 amide bonds. The molecule has 2 fully saturated rings. The third-order valence-electron chi connectivity index (χ3n) is 5.22. The first-order valence-electron chi connectivity index (χ1n) is 8.96. The van der Waals surface area contributed by atoms with Gasteiger partial charge in [0.05, 0.1) is 19.9 Å². The van der Waals surface area contributed by atoms with Gasteiger partial charge < -0.3 is 24.6 Å². The highest BCUT2D eigenvalue weighted by Gasteiger charge is 2.22. The molecule has 2 saturated heterocycles. The Morgan fingerprint density at radius 2 is 2.08 bits per heavy atom. The van der Waals surface area contributed by atoms with Crippen molar-refractivity contribution < 1.29 is 9.47 Å². The van der Waals surface area contributed by atoms with Crippen molar-refractivity contribution >= 4 is 5.82 Å². The molecule has 0 spiro atoms. The summed E-state index contributed by atoms with van der Waals surface area (Å²) in [5, 5.41) is 3.40. The molecule has 0 saturated carbocycles. The molecule has 2 aliphatic heterocycles. The van der Waals surface area contributed by atoms with Gasteiger partial charge in [0.15, 0.2) is 11.5 Å². The summed E-state index contributed by atoms with van der Waals surface area (Å²) in [6.45, 7) is 5.13. The van der Waals surface area contributed by atoms with Crippen molar-refractivity contribution in [1.29, 1.82) is 0 Å². The van der Waals surface area contributed by atoms with Crippen LogP contribution >= 0.6 is 0 Å². The number of pyridine rings is 1. The summed E-state index contributed by atoms with van der Waals surface area (Å²) in [7, 11) is 5.97. The number of hydrogen-bond donors (Lipinski definition) is 1. The maximum atomic E-state index is 6.00. The van der Waals surface area contributed by atoms with Crippen molar-refractivity contribution in [2.45, 2.75) is 25.3 Å². The predicted molar refractivity (Wildman–Crippen MR) is 96.2 cm³/mol. The van der Waals surface area contributed by atoms with E-state index < -0.39 is 0 Å². The molecular formula is C18H30N4O2. The van der Waals surface area contributed by atoms with Gasteiger partial charge in [-0.15, -0.1) is 0 Å². The summed E-state index contributed by atoms with van der Waals surface area (Å²) in [6, 6.07) is 2.53. The van der Waals surface area contributed by atoms with E-state index in [0.717, 1.165) is 62.9 Å². The molecule has 1 unspecified atom stereocenters. The molecule has 1 N–H and O–H groups in total. The second-order valence-corrected chi connectivity index (χ2v) is 7.01. The van der Waals surface area contributed by atoms with Crippen LogP contribution in [0.4, 0.5) is 5.82 Å². The minimum Gasteiger partial charge on any atom is -0.493 e. The van der Waals surface area contributed by atoms with E-state index in [-0.39, 0.29) is 0 Å². The Labute approximate surface area is 145 Å². The van der Waals surface area contributed by atoms with Gasteiger partial charge in [0.2, 0.25) is 0 Å². The van der Waals surface area contributed by atoms with Crippen molar-refractivity contribution in [3.8, 4) is 11.5 Å². The van der Waals surface area contributed by atoms with Crippen LogP contribution in [-0.4, -0.2) is 69.9 Å². The average molecular weight is 334 g/mol. The maximum absolute atomic E-state index is 6.00. The lowest BCUT2D eigenvalue weighted by atomic mass is 10.1. The fourth-order valence-electron chi connectivity index (χ4n) is 3.63. The molecule has 1 aromatic rings. The topological polar surface area (TPSA) is 49.9 Å². The van der Waals surface area contributed by atoms with Crippen molar-refractivity contribution in [2.24, 2.45) is 5.92 Å². The van der Waals surface area contributed by atoms with Gasteiger partial charge >= 0.3 is 0 Å². The van der Waals surface area contributed by atoms with E-state index in [1.54, 1.807) is 7.11 Å². The lowest BCUT2D eigenvalue weighted by molar-refractivity contribution is 0.237. The normalized spacial score (nSPS) is 22.5. The Morgan fingerprint density at radius 3 is 2.75 bits per heavy atom. The van der Waals surface area contributed by atoms with Crippen LogP contribution in [0.1, 0.15) is 19.3 Å². The Bertz CT molecular complexity index is 534. The molecule has 3 rings (SSSR count). The largest absolute Gasteiger partial charge is 0.493 e. The minimum absolute atomic E-state index is 0.532. The second kappa shape index (κ2) is 8.03. The van der Waals surface area contributed by atoms with Crippen LogP contribution in [-0.2, 0) is 0 Å². The Hall–Kier alpha value is -1.53. The number of ether oxygens (including phenoxy) is 2. The number of nitrogens with one attached hydrogen (secondary N) is 1. The lowest BCUT2D eigenvalue weighted by Gasteiger charge is -2.32. The third-order valence-corrected chi connectivity index (χ3v) is 5.22. The van der Waals surface area contributed by atoms with Crippen LogP contribution in [0, 0.1) is 5.92 Å². The smallest absolute Gasteiger partial charge is 0.179 e. The van der Waals surface area contributed by atoms with Gasteiger partial charge in [0.25, 0.3) is 0 Å². The fraction of sp³-hybridized carbons (Fsp3) is 0.722. The van der Waals surface area contributed by atoms with E-state index in [0.29, 0.717) is 12.0 Å². The zero-order valence-corrected chi connectivity index (χ0v) is 15.1. The predicted octanol–water partition coefficient (Wildman–Crippen LogP) is 1.61. The molecule has 6 nitrogen and oxygen atoms in total.